The minimum atomic E-state index is -0.806. The summed E-state index contributed by atoms with van der Waals surface area (Å²) in [5.74, 6) is -0.806. The van der Waals surface area contributed by atoms with Crippen LogP contribution in [0.3, 0.4) is 0 Å². The molecule has 1 saturated heterocycles. The second-order valence-corrected chi connectivity index (χ2v) is 4.37. The number of H-pyrrole nitrogens is 1. The Bertz CT molecular complexity index is 390. The van der Waals surface area contributed by atoms with Gasteiger partial charge in [-0.1, -0.05) is 0 Å². The van der Waals surface area contributed by atoms with Crippen molar-refractivity contribution in [2.24, 2.45) is 0 Å². The largest absolute Gasteiger partial charge is 0.480 e. The second-order valence-electron chi connectivity index (χ2n) is 4.37. The number of nitrogens with one attached hydrogen (secondary N) is 2. The number of hydrogen-bond acceptors (Lipinski definition) is 4. The SMILES string of the molecule is Cc1n[nH]c(C)c1C(C(=O)O)N1CCNCC1. The zero-order chi connectivity index (χ0) is 12.4. The minimum Gasteiger partial charge on any atom is -0.480 e. The van der Waals surface area contributed by atoms with Crippen molar-refractivity contribution in [1.82, 2.24) is 20.4 Å². The van der Waals surface area contributed by atoms with Gasteiger partial charge in [-0.2, -0.15) is 5.10 Å². The lowest BCUT2D eigenvalue weighted by Crippen LogP contribution is -2.47. The summed E-state index contributed by atoms with van der Waals surface area (Å²) in [6, 6.07) is -0.587. The van der Waals surface area contributed by atoms with Gasteiger partial charge >= 0.3 is 5.97 Å². The molecule has 1 atom stereocenters. The van der Waals surface area contributed by atoms with Crippen molar-refractivity contribution in [2.45, 2.75) is 19.9 Å². The Morgan fingerprint density at radius 2 is 2.06 bits per heavy atom. The molecule has 0 radical (unpaired) electrons. The normalized spacial score (nSPS) is 19.2. The summed E-state index contributed by atoms with van der Waals surface area (Å²) >= 11 is 0. The van der Waals surface area contributed by atoms with Crippen LogP contribution >= 0.6 is 0 Å². The molecule has 1 aromatic rings. The molecule has 3 N–H and O–H groups in total. The van der Waals surface area contributed by atoms with Crippen molar-refractivity contribution >= 4 is 5.97 Å². The van der Waals surface area contributed by atoms with E-state index in [1.807, 2.05) is 18.7 Å². The first-order valence-electron chi connectivity index (χ1n) is 5.80. The highest BCUT2D eigenvalue weighted by atomic mass is 16.4. The molecule has 6 heteroatoms. The molecule has 1 aromatic heterocycles. The standard InChI is InChI=1S/C11H18N4O2/c1-7-9(8(2)14-13-7)10(11(16)17)15-5-3-12-4-6-15/h10,12H,3-6H2,1-2H3,(H,13,14)(H,16,17). The monoisotopic (exact) mass is 238 g/mol. The predicted molar refractivity (Wildman–Crippen MR) is 62.9 cm³/mol. The minimum absolute atomic E-state index is 0.587. The molecule has 6 nitrogen and oxygen atoms in total. The summed E-state index contributed by atoms with van der Waals surface area (Å²) in [7, 11) is 0. The molecule has 0 saturated carbocycles. The van der Waals surface area contributed by atoms with Gasteiger partial charge in [0.2, 0.25) is 0 Å². The summed E-state index contributed by atoms with van der Waals surface area (Å²) in [6.07, 6.45) is 0. The van der Waals surface area contributed by atoms with E-state index in [0.29, 0.717) is 0 Å². The van der Waals surface area contributed by atoms with Crippen LogP contribution in [0.25, 0.3) is 0 Å². The van der Waals surface area contributed by atoms with E-state index in [0.717, 1.165) is 43.1 Å². The number of carbonyl (C=O) groups is 1. The van der Waals surface area contributed by atoms with Gasteiger partial charge in [0, 0.05) is 37.4 Å². The van der Waals surface area contributed by atoms with E-state index >= 15 is 0 Å². The number of aromatic nitrogens is 2. The Morgan fingerprint density at radius 3 is 2.53 bits per heavy atom. The molecular formula is C11H18N4O2. The Labute approximate surface area is 100 Å². The molecule has 1 fully saturated rings. The van der Waals surface area contributed by atoms with E-state index in [4.69, 9.17) is 0 Å². The van der Waals surface area contributed by atoms with E-state index < -0.39 is 12.0 Å². The van der Waals surface area contributed by atoms with Gasteiger partial charge in [-0.15, -0.1) is 0 Å². The second kappa shape index (κ2) is 4.85. The zero-order valence-electron chi connectivity index (χ0n) is 10.2. The number of carboxylic acid groups (broad SMARTS) is 1. The number of aromatic amines is 1. The van der Waals surface area contributed by atoms with Crippen molar-refractivity contribution in [3.05, 3.63) is 17.0 Å². The lowest BCUT2D eigenvalue weighted by molar-refractivity contribution is -0.143. The van der Waals surface area contributed by atoms with Crippen LogP contribution in [0.4, 0.5) is 0 Å². The third-order valence-corrected chi connectivity index (χ3v) is 3.21. The summed E-state index contributed by atoms with van der Waals surface area (Å²) in [5, 5.41) is 19.6. The van der Waals surface area contributed by atoms with E-state index in [1.54, 1.807) is 0 Å². The fraction of sp³-hybridized carbons (Fsp3) is 0.636. The van der Waals surface area contributed by atoms with Gasteiger partial charge in [0.05, 0.1) is 5.69 Å². The number of aryl methyl sites for hydroxylation is 2. The van der Waals surface area contributed by atoms with Crippen LogP contribution in [0.1, 0.15) is 23.0 Å². The summed E-state index contributed by atoms with van der Waals surface area (Å²) < 4.78 is 0. The predicted octanol–water partition coefficient (Wildman–Crippen LogP) is 0.0574. The Morgan fingerprint density at radius 1 is 1.41 bits per heavy atom. The van der Waals surface area contributed by atoms with Crippen molar-refractivity contribution in [3.63, 3.8) is 0 Å². The molecule has 2 heterocycles. The van der Waals surface area contributed by atoms with Gasteiger partial charge in [-0.25, -0.2) is 0 Å². The van der Waals surface area contributed by atoms with Crippen LogP contribution < -0.4 is 5.32 Å². The van der Waals surface area contributed by atoms with Crippen LogP contribution in [0, 0.1) is 13.8 Å². The molecule has 1 aliphatic heterocycles. The highest BCUT2D eigenvalue weighted by Gasteiger charge is 2.32. The number of hydrogen-bond donors (Lipinski definition) is 3. The summed E-state index contributed by atoms with van der Waals surface area (Å²) in [5.41, 5.74) is 2.42. The third-order valence-electron chi connectivity index (χ3n) is 3.21. The third kappa shape index (κ3) is 2.32. The molecule has 2 rings (SSSR count). The summed E-state index contributed by atoms with van der Waals surface area (Å²) in [4.78, 5) is 13.5. The quantitative estimate of drug-likeness (QED) is 0.693. The molecule has 0 bridgehead atoms. The van der Waals surface area contributed by atoms with Crippen LogP contribution in [-0.2, 0) is 4.79 Å². The fourth-order valence-electron chi connectivity index (χ4n) is 2.37. The Hall–Kier alpha value is -1.40. The van der Waals surface area contributed by atoms with Crippen molar-refractivity contribution in [1.29, 1.82) is 0 Å². The fourth-order valence-corrected chi connectivity index (χ4v) is 2.37. The van der Waals surface area contributed by atoms with E-state index in [-0.39, 0.29) is 0 Å². The Balaban J connectivity index is 2.31. The van der Waals surface area contributed by atoms with Gasteiger partial charge < -0.3 is 10.4 Å². The van der Waals surface area contributed by atoms with Crippen molar-refractivity contribution in [3.8, 4) is 0 Å². The molecule has 94 valence electrons. The lowest BCUT2D eigenvalue weighted by atomic mass is 10.0. The number of piperazine rings is 1. The number of nitrogens with zero attached hydrogens (tertiary/aromatic N) is 2. The first-order valence-corrected chi connectivity index (χ1v) is 5.80. The van der Waals surface area contributed by atoms with Crippen molar-refractivity contribution in [2.75, 3.05) is 26.2 Å². The van der Waals surface area contributed by atoms with E-state index in [2.05, 4.69) is 15.5 Å². The Kier molecular flexibility index (Phi) is 3.44. The first kappa shape index (κ1) is 12.1. The van der Waals surface area contributed by atoms with Crippen LogP contribution in [0.5, 0.6) is 0 Å². The zero-order valence-corrected chi connectivity index (χ0v) is 10.2. The highest BCUT2D eigenvalue weighted by Crippen LogP contribution is 2.26. The molecular weight excluding hydrogens is 220 g/mol. The molecule has 0 spiro atoms. The maximum absolute atomic E-state index is 11.5. The van der Waals surface area contributed by atoms with Gasteiger partial charge in [-0.05, 0) is 13.8 Å². The van der Waals surface area contributed by atoms with Gasteiger partial charge in [0.25, 0.3) is 0 Å². The first-order chi connectivity index (χ1) is 8.11. The molecule has 0 aliphatic carbocycles. The highest BCUT2D eigenvalue weighted by molar-refractivity contribution is 5.76. The van der Waals surface area contributed by atoms with E-state index in [9.17, 15) is 9.90 Å². The van der Waals surface area contributed by atoms with Crippen LogP contribution in [-0.4, -0.2) is 52.4 Å². The topological polar surface area (TPSA) is 81.2 Å². The number of rotatable bonds is 3. The van der Waals surface area contributed by atoms with Crippen LogP contribution in [0.2, 0.25) is 0 Å². The molecule has 1 aliphatic rings. The van der Waals surface area contributed by atoms with Gasteiger partial charge in [0.1, 0.15) is 6.04 Å². The molecule has 0 aromatic carbocycles. The number of carboxylic acids is 1. The molecule has 17 heavy (non-hydrogen) atoms. The van der Waals surface area contributed by atoms with Crippen molar-refractivity contribution < 1.29 is 9.90 Å². The number of aliphatic carboxylic acids is 1. The smallest absolute Gasteiger partial charge is 0.325 e. The van der Waals surface area contributed by atoms with E-state index in [1.165, 1.54) is 0 Å². The van der Waals surface area contributed by atoms with Gasteiger partial charge in [0.15, 0.2) is 0 Å². The average molecular weight is 238 g/mol. The average Bonchev–Trinajstić information content (AvgIpc) is 2.62. The van der Waals surface area contributed by atoms with Gasteiger partial charge in [-0.3, -0.25) is 14.8 Å². The van der Waals surface area contributed by atoms with Crippen LogP contribution in [0.15, 0.2) is 0 Å². The lowest BCUT2D eigenvalue weighted by Gasteiger charge is -2.32. The molecule has 0 amide bonds. The molecule has 1 unspecified atom stereocenters. The maximum Gasteiger partial charge on any atom is 0.325 e. The summed E-state index contributed by atoms with van der Waals surface area (Å²) in [6.45, 7) is 6.88. The maximum atomic E-state index is 11.5.